The molecule has 58 valence electrons. The average Bonchev–Trinajstić information content (AvgIpc) is 2.05. The Hall–Kier alpha value is -1.71. The van der Waals surface area contributed by atoms with Gasteiger partial charge in [0.15, 0.2) is 0 Å². The Morgan fingerprint density at radius 2 is 1.91 bits per heavy atom. The molecule has 0 bridgehead atoms. The molecule has 0 spiro atoms. The standard InChI is InChI=1S/C7H8N2O2/c8-7(9(10)11)6-4-2-1-3-5-6/h1-5H,8H2,(H,10,11). The highest BCUT2D eigenvalue weighted by Crippen LogP contribution is 1.96. The fraction of sp³-hybridized carbons (Fsp3) is 0. The fourth-order valence-corrected chi connectivity index (χ4v) is 0.719. The summed E-state index contributed by atoms with van der Waals surface area (Å²) < 4.78 is 0. The second-order valence-electron chi connectivity index (χ2n) is 2.02. The van der Waals surface area contributed by atoms with Crippen LogP contribution in [0.15, 0.2) is 30.3 Å². The van der Waals surface area contributed by atoms with Crippen molar-refractivity contribution in [2.45, 2.75) is 0 Å². The van der Waals surface area contributed by atoms with E-state index in [0.717, 1.165) is 0 Å². The van der Waals surface area contributed by atoms with E-state index in [9.17, 15) is 5.21 Å². The van der Waals surface area contributed by atoms with E-state index >= 15 is 0 Å². The van der Waals surface area contributed by atoms with Crippen LogP contribution in [0.1, 0.15) is 5.56 Å². The van der Waals surface area contributed by atoms with Crippen LogP contribution in [0.5, 0.6) is 0 Å². The summed E-state index contributed by atoms with van der Waals surface area (Å²) in [5.74, 6) is -0.203. The van der Waals surface area contributed by atoms with Crippen molar-refractivity contribution in [3.63, 3.8) is 0 Å². The van der Waals surface area contributed by atoms with Crippen LogP contribution in [-0.4, -0.2) is 15.9 Å². The molecule has 11 heavy (non-hydrogen) atoms. The molecule has 0 fully saturated rings. The van der Waals surface area contributed by atoms with Crippen molar-refractivity contribution in [1.82, 2.24) is 0 Å². The summed E-state index contributed by atoms with van der Waals surface area (Å²) in [7, 11) is 0. The van der Waals surface area contributed by atoms with Crippen LogP contribution in [0.4, 0.5) is 0 Å². The van der Waals surface area contributed by atoms with Crippen LogP contribution in [0.3, 0.4) is 0 Å². The highest BCUT2D eigenvalue weighted by molar-refractivity contribution is 5.93. The van der Waals surface area contributed by atoms with E-state index in [4.69, 9.17) is 10.9 Å². The van der Waals surface area contributed by atoms with Gasteiger partial charge in [-0.1, -0.05) is 18.2 Å². The molecule has 0 saturated heterocycles. The van der Waals surface area contributed by atoms with Gasteiger partial charge in [0.05, 0.1) is 5.56 Å². The van der Waals surface area contributed by atoms with E-state index in [2.05, 4.69) is 0 Å². The molecule has 0 aliphatic rings. The fourth-order valence-electron chi connectivity index (χ4n) is 0.719. The van der Waals surface area contributed by atoms with E-state index in [-0.39, 0.29) is 10.7 Å². The number of nitrogens with two attached hydrogens (primary N) is 1. The second-order valence-corrected chi connectivity index (χ2v) is 2.02. The molecule has 3 N–H and O–H groups in total. The Bertz CT molecular complexity index is 265. The van der Waals surface area contributed by atoms with Gasteiger partial charge in [-0.2, -0.15) is 0 Å². The number of nitrogens with zero attached hydrogens (tertiary/aromatic N) is 1. The topological polar surface area (TPSA) is 72.3 Å². The predicted octanol–water partition coefficient (Wildman–Crippen LogP) is 0.291. The average molecular weight is 152 g/mol. The first kappa shape index (κ1) is 7.40. The first-order chi connectivity index (χ1) is 5.22. The third-order valence-corrected chi connectivity index (χ3v) is 1.28. The number of rotatable bonds is 1. The Morgan fingerprint density at radius 3 is 2.36 bits per heavy atom. The van der Waals surface area contributed by atoms with Crippen molar-refractivity contribution in [3.05, 3.63) is 41.1 Å². The smallest absolute Gasteiger partial charge is 0.319 e. The Morgan fingerprint density at radius 1 is 1.36 bits per heavy atom. The SMILES string of the molecule is NC(c1ccccc1)=[N+]([O-])O. The summed E-state index contributed by atoms with van der Waals surface area (Å²) in [6, 6.07) is 8.52. The zero-order valence-corrected chi connectivity index (χ0v) is 5.77. The Balaban J connectivity index is 3.04. The summed E-state index contributed by atoms with van der Waals surface area (Å²) in [5, 5.41) is 18.6. The van der Waals surface area contributed by atoms with Gasteiger partial charge in [0.25, 0.3) is 0 Å². The molecule has 0 unspecified atom stereocenters. The van der Waals surface area contributed by atoms with Crippen LogP contribution in [0, 0.1) is 5.21 Å². The lowest BCUT2D eigenvalue weighted by Gasteiger charge is -1.98. The number of hydrogen-bond donors (Lipinski definition) is 2. The van der Waals surface area contributed by atoms with Crippen molar-refractivity contribution < 1.29 is 10.1 Å². The largest absolute Gasteiger partial charge is 0.490 e. The summed E-state index contributed by atoms with van der Waals surface area (Å²) in [6.07, 6.45) is 0. The van der Waals surface area contributed by atoms with E-state index < -0.39 is 0 Å². The van der Waals surface area contributed by atoms with Crippen LogP contribution >= 0.6 is 0 Å². The van der Waals surface area contributed by atoms with Crippen LogP contribution in [-0.2, 0) is 0 Å². The molecule has 1 aromatic rings. The van der Waals surface area contributed by atoms with Crippen LogP contribution in [0.25, 0.3) is 0 Å². The Kier molecular flexibility index (Phi) is 1.96. The van der Waals surface area contributed by atoms with E-state index in [1.807, 2.05) is 0 Å². The van der Waals surface area contributed by atoms with Gasteiger partial charge < -0.3 is 10.4 Å². The summed E-state index contributed by atoms with van der Waals surface area (Å²) in [6.45, 7) is 0. The zero-order chi connectivity index (χ0) is 8.27. The maximum atomic E-state index is 10.3. The third-order valence-electron chi connectivity index (χ3n) is 1.28. The molecule has 0 heterocycles. The highest BCUT2D eigenvalue weighted by Gasteiger charge is 2.03. The monoisotopic (exact) mass is 152 g/mol. The maximum absolute atomic E-state index is 10.3. The quantitative estimate of drug-likeness (QED) is 0.200. The van der Waals surface area contributed by atoms with Gasteiger partial charge in [-0.05, 0) is 17.0 Å². The summed E-state index contributed by atoms with van der Waals surface area (Å²) >= 11 is 0. The van der Waals surface area contributed by atoms with E-state index in [0.29, 0.717) is 5.56 Å². The molecule has 4 heteroatoms. The molecule has 4 nitrogen and oxygen atoms in total. The van der Waals surface area contributed by atoms with E-state index in [1.54, 1.807) is 30.3 Å². The molecule has 1 rings (SSSR count). The van der Waals surface area contributed by atoms with Gasteiger partial charge in [0, 0.05) is 0 Å². The molecule has 0 aliphatic heterocycles. The van der Waals surface area contributed by atoms with Gasteiger partial charge in [0.1, 0.15) is 0 Å². The van der Waals surface area contributed by atoms with Gasteiger partial charge >= 0.3 is 5.84 Å². The first-order valence-electron chi connectivity index (χ1n) is 3.06. The summed E-state index contributed by atoms with van der Waals surface area (Å²) in [5.41, 5.74) is 5.72. The summed E-state index contributed by atoms with van der Waals surface area (Å²) in [4.78, 5) is -0.352. The Labute approximate surface area is 63.7 Å². The number of amidine groups is 1. The maximum Gasteiger partial charge on any atom is 0.319 e. The third kappa shape index (κ3) is 1.61. The molecular formula is C7H8N2O2. The van der Waals surface area contributed by atoms with Gasteiger partial charge in [-0.15, -0.1) is 0 Å². The lowest BCUT2D eigenvalue weighted by Crippen LogP contribution is -2.23. The molecule has 1 aromatic carbocycles. The molecular weight excluding hydrogens is 144 g/mol. The molecule has 0 radical (unpaired) electrons. The minimum atomic E-state index is -0.352. The first-order valence-corrected chi connectivity index (χ1v) is 3.06. The minimum absolute atomic E-state index is 0.203. The molecule has 0 saturated carbocycles. The predicted molar refractivity (Wildman–Crippen MR) is 40.2 cm³/mol. The van der Waals surface area contributed by atoms with Gasteiger partial charge in [0.2, 0.25) is 0 Å². The lowest BCUT2D eigenvalue weighted by molar-refractivity contribution is -0.726. The van der Waals surface area contributed by atoms with E-state index in [1.165, 1.54) is 0 Å². The number of hydrogen-bond acceptors (Lipinski definition) is 2. The molecule has 0 amide bonds. The van der Waals surface area contributed by atoms with Gasteiger partial charge in [-0.3, -0.25) is 5.73 Å². The van der Waals surface area contributed by atoms with Crippen LogP contribution < -0.4 is 5.73 Å². The zero-order valence-electron chi connectivity index (χ0n) is 5.77. The van der Waals surface area contributed by atoms with Crippen molar-refractivity contribution in [1.29, 1.82) is 0 Å². The molecule has 0 aromatic heterocycles. The highest BCUT2D eigenvalue weighted by atomic mass is 16.8. The van der Waals surface area contributed by atoms with Crippen molar-refractivity contribution in [2.24, 2.45) is 5.73 Å². The molecule has 0 atom stereocenters. The second kappa shape index (κ2) is 2.92. The van der Waals surface area contributed by atoms with Gasteiger partial charge in [-0.25, -0.2) is 0 Å². The minimum Gasteiger partial charge on any atom is -0.490 e. The van der Waals surface area contributed by atoms with Crippen molar-refractivity contribution in [3.8, 4) is 0 Å². The lowest BCUT2D eigenvalue weighted by atomic mass is 10.2. The molecule has 0 aliphatic carbocycles. The number of benzene rings is 1. The van der Waals surface area contributed by atoms with Crippen molar-refractivity contribution in [2.75, 3.05) is 0 Å². The normalized spacial score (nSPS) is 12.4. The van der Waals surface area contributed by atoms with Crippen molar-refractivity contribution >= 4 is 5.84 Å². The van der Waals surface area contributed by atoms with Crippen LogP contribution in [0.2, 0.25) is 0 Å².